The molecule has 6 aliphatic rings. The predicted octanol–water partition coefficient (Wildman–Crippen LogP) is 10.9. The number of allylic oxidation sites excluding steroid dienone is 2. The van der Waals surface area contributed by atoms with E-state index in [1.54, 1.807) is 6.07 Å². The summed E-state index contributed by atoms with van der Waals surface area (Å²) in [5.74, 6) is 10.6. The molecule has 0 aromatic heterocycles. The van der Waals surface area contributed by atoms with Gasteiger partial charge in [0.2, 0.25) is 0 Å². The average molecular weight is 621 g/mol. The fourth-order valence-corrected chi connectivity index (χ4v) is 12.0. The molecule has 242 valence electrons. The number of rotatable bonds is 3. The van der Waals surface area contributed by atoms with Crippen LogP contribution >= 0.6 is 0 Å². The van der Waals surface area contributed by atoms with E-state index in [4.69, 9.17) is 4.74 Å². The summed E-state index contributed by atoms with van der Waals surface area (Å²) >= 11 is 0. The standard InChI is InChI=1S/C43H50F2O/c1-6-46-41-24-36-29(23-40(41)45)12-14-34-32(36)17-19-43(5)26(3)27(21-38(34)43)8-7-9-30-20-35-28(22-39(30)44)11-13-33-31(35)16-18-42(4)25(2)10-15-37(33)42/h20,22-24,27,31-34,37-38H,2-3,6,8,10-19,21H2,1,4-5H3/t27?,31?,32?,33?,34?,37?,38?,42-,43-/m1/s1. The number of benzene rings is 2. The molecule has 6 aliphatic carbocycles. The molecular weight excluding hydrogens is 570 g/mol. The molecule has 4 fully saturated rings. The zero-order valence-corrected chi connectivity index (χ0v) is 28.1. The Morgan fingerprint density at radius 2 is 1.46 bits per heavy atom. The van der Waals surface area contributed by atoms with E-state index in [0.29, 0.717) is 58.8 Å². The Hall–Kier alpha value is -2.86. The van der Waals surface area contributed by atoms with E-state index in [-0.39, 0.29) is 17.0 Å². The van der Waals surface area contributed by atoms with Crippen molar-refractivity contribution in [3.8, 4) is 17.6 Å². The molecule has 9 atom stereocenters. The second kappa shape index (κ2) is 11.1. The SMILES string of the molecule is C=C1CCC2C3CCc4cc(F)c(C#CCC5CC6C7CCc8cc(F)c(OCC)cc8C7CC[C@]6(C)C5=C)cc4C3CC[C@]12C. The van der Waals surface area contributed by atoms with Gasteiger partial charge in [0, 0.05) is 6.42 Å². The third-order valence-electron chi connectivity index (χ3n) is 14.6. The number of aryl methyl sites for hydroxylation is 2. The topological polar surface area (TPSA) is 9.23 Å². The summed E-state index contributed by atoms with van der Waals surface area (Å²) in [6.07, 6.45) is 13.1. The summed E-state index contributed by atoms with van der Waals surface area (Å²) in [7, 11) is 0. The summed E-state index contributed by atoms with van der Waals surface area (Å²) < 4.78 is 35.8. The van der Waals surface area contributed by atoms with Crippen LogP contribution in [-0.4, -0.2) is 6.61 Å². The van der Waals surface area contributed by atoms with Gasteiger partial charge in [-0.05, 0) is 176 Å². The molecular formula is C43H50F2O. The molecule has 0 N–H and O–H groups in total. The fraction of sp³-hybridized carbons (Fsp3) is 0.581. The van der Waals surface area contributed by atoms with Crippen LogP contribution in [0.4, 0.5) is 8.78 Å². The lowest BCUT2D eigenvalue weighted by atomic mass is 9.55. The van der Waals surface area contributed by atoms with Crippen LogP contribution in [0.3, 0.4) is 0 Å². The Morgan fingerprint density at radius 3 is 2.17 bits per heavy atom. The van der Waals surface area contributed by atoms with Crippen molar-refractivity contribution in [1.82, 2.24) is 0 Å². The van der Waals surface area contributed by atoms with Crippen molar-refractivity contribution < 1.29 is 13.5 Å². The van der Waals surface area contributed by atoms with E-state index in [0.717, 1.165) is 50.9 Å². The van der Waals surface area contributed by atoms with Crippen LogP contribution in [0.5, 0.6) is 5.75 Å². The molecule has 2 aromatic rings. The Kier molecular flexibility index (Phi) is 7.36. The maximum absolute atomic E-state index is 15.5. The van der Waals surface area contributed by atoms with Crippen molar-refractivity contribution in [2.24, 2.45) is 40.4 Å². The molecule has 46 heavy (non-hydrogen) atoms. The van der Waals surface area contributed by atoms with Crippen LogP contribution in [-0.2, 0) is 12.8 Å². The molecule has 0 bridgehead atoms. The maximum Gasteiger partial charge on any atom is 0.165 e. The third-order valence-corrected chi connectivity index (χ3v) is 14.6. The van der Waals surface area contributed by atoms with Crippen LogP contribution in [0.15, 0.2) is 48.6 Å². The predicted molar refractivity (Wildman–Crippen MR) is 182 cm³/mol. The van der Waals surface area contributed by atoms with Crippen molar-refractivity contribution >= 4 is 0 Å². The van der Waals surface area contributed by atoms with Gasteiger partial charge in [-0.15, -0.1) is 0 Å². The summed E-state index contributed by atoms with van der Waals surface area (Å²) in [5, 5.41) is 0. The van der Waals surface area contributed by atoms with Gasteiger partial charge < -0.3 is 4.74 Å². The second-order valence-corrected chi connectivity index (χ2v) is 16.3. The molecule has 0 radical (unpaired) electrons. The largest absolute Gasteiger partial charge is 0.491 e. The molecule has 1 nitrogen and oxygen atoms in total. The first-order valence-corrected chi connectivity index (χ1v) is 18.3. The van der Waals surface area contributed by atoms with Crippen molar-refractivity contribution in [2.45, 2.75) is 110 Å². The Bertz CT molecular complexity index is 1670. The van der Waals surface area contributed by atoms with Gasteiger partial charge in [0.25, 0.3) is 0 Å². The summed E-state index contributed by atoms with van der Waals surface area (Å²) in [5.41, 5.74) is 8.86. The van der Waals surface area contributed by atoms with E-state index in [1.165, 1.54) is 65.5 Å². The normalized spacial score (nSPS) is 37.2. The van der Waals surface area contributed by atoms with Gasteiger partial charge in [-0.1, -0.05) is 50.0 Å². The van der Waals surface area contributed by atoms with Crippen LogP contribution in [0.1, 0.15) is 125 Å². The minimum Gasteiger partial charge on any atom is -0.491 e. The van der Waals surface area contributed by atoms with E-state index >= 15 is 4.39 Å². The highest BCUT2D eigenvalue weighted by Crippen LogP contribution is 2.65. The Balaban J connectivity index is 1.01. The molecule has 0 amide bonds. The van der Waals surface area contributed by atoms with Crippen LogP contribution < -0.4 is 4.74 Å². The minimum atomic E-state index is -0.232. The lowest BCUT2D eigenvalue weighted by Gasteiger charge is -2.49. The van der Waals surface area contributed by atoms with Gasteiger partial charge >= 0.3 is 0 Å². The van der Waals surface area contributed by atoms with Gasteiger partial charge in [-0.2, -0.15) is 0 Å². The fourth-order valence-electron chi connectivity index (χ4n) is 12.0. The summed E-state index contributed by atoms with van der Waals surface area (Å²) in [4.78, 5) is 0. The monoisotopic (exact) mass is 620 g/mol. The third kappa shape index (κ3) is 4.52. The number of hydrogen-bond acceptors (Lipinski definition) is 1. The lowest BCUT2D eigenvalue weighted by molar-refractivity contribution is 0.0807. The zero-order chi connectivity index (χ0) is 32.0. The highest BCUT2D eigenvalue weighted by molar-refractivity contribution is 5.47. The first-order chi connectivity index (χ1) is 22.1. The number of ether oxygens (including phenoxy) is 1. The molecule has 0 heterocycles. The quantitative estimate of drug-likeness (QED) is 0.245. The maximum atomic E-state index is 15.5. The number of halogens is 2. The first kappa shape index (κ1) is 30.5. The zero-order valence-electron chi connectivity index (χ0n) is 28.1. The van der Waals surface area contributed by atoms with Gasteiger partial charge in [-0.3, -0.25) is 0 Å². The molecule has 0 spiro atoms. The Labute approximate surface area is 275 Å². The van der Waals surface area contributed by atoms with Crippen LogP contribution in [0.2, 0.25) is 0 Å². The van der Waals surface area contributed by atoms with E-state index in [2.05, 4.69) is 44.9 Å². The van der Waals surface area contributed by atoms with Crippen molar-refractivity contribution in [1.29, 1.82) is 0 Å². The van der Waals surface area contributed by atoms with E-state index < -0.39 is 0 Å². The highest BCUT2D eigenvalue weighted by Gasteiger charge is 2.55. The van der Waals surface area contributed by atoms with E-state index in [1.807, 2.05) is 19.1 Å². The summed E-state index contributed by atoms with van der Waals surface area (Å²) in [6.45, 7) is 16.4. The molecule has 2 aromatic carbocycles. The molecule has 0 aliphatic heterocycles. The number of hydrogen-bond donors (Lipinski definition) is 0. The first-order valence-electron chi connectivity index (χ1n) is 18.3. The Morgan fingerprint density at radius 1 is 0.804 bits per heavy atom. The van der Waals surface area contributed by atoms with Crippen molar-refractivity contribution in [2.75, 3.05) is 6.61 Å². The second-order valence-electron chi connectivity index (χ2n) is 16.3. The summed E-state index contributed by atoms with van der Waals surface area (Å²) in [6, 6.07) is 7.68. The van der Waals surface area contributed by atoms with E-state index in [9.17, 15) is 4.39 Å². The molecule has 0 saturated heterocycles. The van der Waals surface area contributed by atoms with Gasteiger partial charge in [-0.25, -0.2) is 8.78 Å². The van der Waals surface area contributed by atoms with Gasteiger partial charge in [0.15, 0.2) is 11.6 Å². The number of fused-ring (bicyclic) bond motifs is 10. The lowest BCUT2D eigenvalue weighted by Crippen LogP contribution is -2.40. The van der Waals surface area contributed by atoms with Crippen LogP contribution in [0, 0.1) is 63.9 Å². The van der Waals surface area contributed by atoms with Crippen LogP contribution in [0.25, 0.3) is 0 Å². The highest BCUT2D eigenvalue weighted by atomic mass is 19.1. The molecule has 8 rings (SSSR count). The smallest absolute Gasteiger partial charge is 0.165 e. The minimum absolute atomic E-state index is 0.112. The molecule has 3 heteroatoms. The van der Waals surface area contributed by atoms with Crippen molar-refractivity contribution in [3.63, 3.8) is 0 Å². The van der Waals surface area contributed by atoms with Crippen molar-refractivity contribution in [3.05, 3.63) is 88.0 Å². The molecule has 4 saturated carbocycles. The average Bonchev–Trinajstić information content (AvgIpc) is 3.49. The van der Waals surface area contributed by atoms with Gasteiger partial charge in [0.05, 0.1) is 12.2 Å². The molecule has 7 unspecified atom stereocenters. The van der Waals surface area contributed by atoms with Gasteiger partial charge in [0.1, 0.15) is 5.82 Å².